The lowest BCUT2D eigenvalue weighted by Crippen LogP contribution is -2.09. The third-order valence-electron chi connectivity index (χ3n) is 9.90. The monoisotopic (exact) mass is 692 g/mol. The Morgan fingerprint density at radius 1 is 0.333 bits per heavy atom. The number of hydrogen-bond acceptors (Lipinski definition) is 5. The Morgan fingerprint density at radius 2 is 0.796 bits per heavy atom. The van der Waals surface area contributed by atoms with E-state index in [1.807, 2.05) is 72.8 Å². The predicted octanol–water partition coefficient (Wildman–Crippen LogP) is 13.1. The van der Waals surface area contributed by atoms with Gasteiger partial charge >= 0.3 is 0 Å². The molecule has 0 aliphatic heterocycles. The number of benzene rings is 8. The molecule has 8 aromatic carbocycles. The number of hydrogen-bond donors (Lipinski definition) is 0. The highest BCUT2D eigenvalue weighted by Crippen LogP contribution is 2.43. The van der Waals surface area contributed by atoms with Crippen LogP contribution in [0.4, 0.5) is 17.1 Å². The highest BCUT2D eigenvalue weighted by Gasteiger charge is 2.19. The quantitative estimate of drug-likeness (QED) is 0.166. The molecule has 2 heterocycles. The Balaban J connectivity index is 1.10. The zero-order chi connectivity index (χ0) is 35.8. The molecule has 0 aliphatic carbocycles. The maximum Gasteiger partial charge on any atom is 0.164 e. The summed E-state index contributed by atoms with van der Waals surface area (Å²) < 4.78 is 6.63. The molecule has 0 fully saturated rings. The first-order chi connectivity index (χ1) is 26.8. The van der Waals surface area contributed by atoms with E-state index in [2.05, 4.69) is 126 Å². The Morgan fingerprint density at radius 3 is 1.35 bits per heavy atom. The molecule has 0 bridgehead atoms. The lowest BCUT2D eigenvalue weighted by Gasteiger charge is -2.25. The summed E-state index contributed by atoms with van der Waals surface area (Å²) >= 11 is 0. The van der Waals surface area contributed by atoms with Crippen LogP contribution >= 0.6 is 0 Å². The summed E-state index contributed by atoms with van der Waals surface area (Å²) in [6.07, 6.45) is 0. The molecule has 0 aliphatic rings. The standard InChI is InChI=1S/C49H32N4O/c1-5-15-34(16-6-1)47-50-48(35-17-7-2-8-18-35)52-49(51-47)36-27-25-33(26-28-36)42-32-44-43-31-39(29-30-45(43)54-46(44)41-24-14-13-23-40(41)42)53(37-19-9-3-10-20-37)38-21-11-4-12-22-38/h1-32H. The molecular weight excluding hydrogens is 661 g/mol. The number of anilines is 3. The van der Waals surface area contributed by atoms with Crippen LogP contribution in [0.25, 0.3) is 78.0 Å². The SMILES string of the molecule is c1ccc(-c2nc(-c3ccccc3)nc(-c3ccc(-c4cc5c6cc(N(c7ccccc7)c7ccccc7)ccc6oc5c5ccccc45)cc3)n2)cc1. The van der Waals surface area contributed by atoms with Gasteiger partial charge in [0, 0.05) is 49.9 Å². The van der Waals surface area contributed by atoms with Crippen LogP contribution in [0.15, 0.2) is 199 Å². The first-order valence-corrected chi connectivity index (χ1v) is 18.0. The van der Waals surface area contributed by atoms with Crippen LogP contribution in [0.3, 0.4) is 0 Å². The van der Waals surface area contributed by atoms with E-state index in [0.717, 1.165) is 77.6 Å². The number of nitrogens with zero attached hydrogens (tertiary/aromatic N) is 4. The van der Waals surface area contributed by atoms with E-state index in [1.54, 1.807) is 0 Å². The molecule has 0 saturated carbocycles. The van der Waals surface area contributed by atoms with Crippen molar-refractivity contribution >= 4 is 49.8 Å². The van der Waals surface area contributed by atoms with Gasteiger partial charge in [-0.1, -0.05) is 146 Å². The van der Waals surface area contributed by atoms with Gasteiger partial charge in [-0.25, -0.2) is 15.0 Å². The number of aromatic nitrogens is 3. The fourth-order valence-corrected chi connectivity index (χ4v) is 7.30. The summed E-state index contributed by atoms with van der Waals surface area (Å²) in [5, 5.41) is 4.34. The molecular formula is C49H32N4O. The van der Waals surface area contributed by atoms with Crippen molar-refractivity contribution in [3.63, 3.8) is 0 Å². The molecule has 0 saturated heterocycles. The summed E-state index contributed by atoms with van der Waals surface area (Å²) in [4.78, 5) is 17.0. The minimum atomic E-state index is 0.629. The van der Waals surface area contributed by atoms with E-state index in [9.17, 15) is 0 Å². The van der Waals surface area contributed by atoms with Crippen molar-refractivity contribution in [2.24, 2.45) is 0 Å². The van der Waals surface area contributed by atoms with Gasteiger partial charge in [0.2, 0.25) is 0 Å². The van der Waals surface area contributed by atoms with Crippen molar-refractivity contribution in [3.05, 3.63) is 194 Å². The fraction of sp³-hybridized carbons (Fsp3) is 0. The highest BCUT2D eigenvalue weighted by molar-refractivity contribution is 6.19. The maximum atomic E-state index is 6.63. The Labute approximate surface area is 312 Å². The first kappa shape index (κ1) is 31.4. The topological polar surface area (TPSA) is 55.1 Å². The van der Waals surface area contributed by atoms with Crippen LogP contribution in [0.5, 0.6) is 0 Å². The molecule has 0 radical (unpaired) electrons. The lowest BCUT2D eigenvalue weighted by atomic mass is 9.94. The average Bonchev–Trinajstić information content (AvgIpc) is 3.63. The van der Waals surface area contributed by atoms with Gasteiger partial charge in [-0.3, -0.25) is 0 Å². The van der Waals surface area contributed by atoms with Crippen LogP contribution in [-0.4, -0.2) is 15.0 Å². The minimum absolute atomic E-state index is 0.629. The summed E-state index contributed by atoms with van der Waals surface area (Å²) in [5.74, 6) is 1.91. The molecule has 0 spiro atoms. The van der Waals surface area contributed by atoms with Gasteiger partial charge < -0.3 is 9.32 Å². The summed E-state index contributed by atoms with van der Waals surface area (Å²) in [6, 6.07) is 66.9. The number of para-hydroxylation sites is 2. The summed E-state index contributed by atoms with van der Waals surface area (Å²) in [5.41, 5.74) is 10.0. The van der Waals surface area contributed by atoms with Gasteiger partial charge in [-0.05, 0) is 65.0 Å². The molecule has 10 aromatic rings. The largest absolute Gasteiger partial charge is 0.455 e. The first-order valence-electron chi connectivity index (χ1n) is 18.0. The second-order valence-corrected chi connectivity index (χ2v) is 13.3. The van der Waals surface area contributed by atoms with Crippen molar-refractivity contribution < 1.29 is 4.42 Å². The van der Waals surface area contributed by atoms with Gasteiger partial charge in [0.15, 0.2) is 17.5 Å². The molecule has 10 rings (SSSR count). The molecule has 0 amide bonds. The van der Waals surface area contributed by atoms with Crippen LogP contribution < -0.4 is 4.90 Å². The molecule has 5 nitrogen and oxygen atoms in total. The summed E-state index contributed by atoms with van der Waals surface area (Å²) in [6.45, 7) is 0. The van der Waals surface area contributed by atoms with E-state index in [4.69, 9.17) is 19.4 Å². The van der Waals surface area contributed by atoms with E-state index in [0.29, 0.717) is 17.5 Å². The Bertz CT molecular complexity index is 2810. The van der Waals surface area contributed by atoms with Gasteiger partial charge in [-0.15, -0.1) is 0 Å². The van der Waals surface area contributed by atoms with E-state index < -0.39 is 0 Å². The van der Waals surface area contributed by atoms with Crippen LogP contribution in [0.1, 0.15) is 0 Å². The molecule has 2 aromatic heterocycles. The second kappa shape index (κ2) is 13.3. The van der Waals surface area contributed by atoms with Crippen molar-refractivity contribution in [1.29, 1.82) is 0 Å². The Hall–Kier alpha value is -7.37. The van der Waals surface area contributed by atoms with Gasteiger partial charge in [0.05, 0.1) is 0 Å². The van der Waals surface area contributed by atoms with E-state index >= 15 is 0 Å². The van der Waals surface area contributed by atoms with E-state index in [1.165, 1.54) is 0 Å². The maximum absolute atomic E-state index is 6.63. The molecule has 5 heteroatoms. The van der Waals surface area contributed by atoms with Gasteiger partial charge in [0.1, 0.15) is 11.2 Å². The third kappa shape index (κ3) is 5.65. The molecule has 254 valence electrons. The van der Waals surface area contributed by atoms with Gasteiger partial charge in [0.25, 0.3) is 0 Å². The van der Waals surface area contributed by atoms with Crippen LogP contribution in [-0.2, 0) is 0 Å². The zero-order valence-electron chi connectivity index (χ0n) is 29.2. The Kier molecular flexibility index (Phi) is 7.73. The summed E-state index contributed by atoms with van der Waals surface area (Å²) in [7, 11) is 0. The third-order valence-corrected chi connectivity index (χ3v) is 9.90. The van der Waals surface area contributed by atoms with Crippen molar-refractivity contribution in [3.8, 4) is 45.3 Å². The van der Waals surface area contributed by atoms with Crippen molar-refractivity contribution in [1.82, 2.24) is 15.0 Å². The lowest BCUT2D eigenvalue weighted by molar-refractivity contribution is 0.672. The van der Waals surface area contributed by atoms with Crippen molar-refractivity contribution in [2.45, 2.75) is 0 Å². The number of fused-ring (bicyclic) bond motifs is 5. The normalized spacial score (nSPS) is 11.3. The zero-order valence-corrected chi connectivity index (χ0v) is 29.2. The molecule has 0 N–H and O–H groups in total. The number of furan rings is 1. The van der Waals surface area contributed by atoms with Crippen LogP contribution in [0.2, 0.25) is 0 Å². The molecule has 0 unspecified atom stereocenters. The number of rotatable bonds is 7. The predicted molar refractivity (Wildman–Crippen MR) is 221 cm³/mol. The molecule has 54 heavy (non-hydrogen) atoms. The molecule has 0 atom stereocenters. The fourth-order valence-electron chi connectivity index (χ4n) is 7.30. The average molecular weight is 693 g/mol. The highest BCUT2D eigenvalue weighted by atomic mass is 16.3. The van der Waals surface area contributed by atoms with Crippen molar-refractivity contribution in [2.75, 3.05) is 4.90 Å². The smallest absolute Gasteiger partial charge is 0.164 e. The van der Waals surface area contributed by atoms with Crippen LogP contribution in [0, 0.1) is 0 Å². The minimum Gasteiger partial charge on any atom is -0.455 e. The van der Waals surface area contributed by atoms with Gasteiger partial charge in [-0.2, -0.15) is 0 Å². The van der Waals surface area contributed by atoms with E-state index in [-0.39, 0.29) is 0 Å². The second-order valence-electron chi connectivity index (χ2n) is 13.3.